The topological polar surface area (TPSA) is 40.1 Å². The maximum Gasteiger partial charge on any atom is 0.0672 e. The molecule has 14 heavy (non-hydrogen) atoms. The standard InChI is InChI=1S/C12H12O2/c1-10(12(13)14)6-5-9-11-7-3-2-4-8-11/h2-9H,1H3,(H,13,14)/p-1/b9-5+,10-6+. The molecule has 0 aliphatic carbocycles. The molecule has 1 aromatic carbocycles. The van der Waals surface area contributed by atoms with Gasteiger partial charge in [-0.3, -0.25) is 0 Å². The van der Waals surface area contributed by atoms with Gasteiger partial charge >= 0.3 is 0 Å². The second-order valence-electron chi connectivity index (χ2n) is 2.91. The lowest BCUT2D eigenvalue weighted by molar-refractivity contribution is -0.299. The van der Waals surface area contributed by atoms with Crippen molar-refractivity contribution in [3.63, 3.8) is 0 Å². The van der Waals surface area contributed by atoms with E-state index in [0.29, 0.717) is 0 Å². The zero-order chi connectivity index (χ0) is 10.4. The maximum atomic E-state index is 10.3. The van der Waals surface area contributed by atoms with Crippen LogP contribution in [0.4, 0.5) is 0 Å². The van der Waals surface area contributed by atoms with E-state index in [4.69, 9.17) is 0 Å². The molecular formula is C12H11O2-. The lowest BCUT2D eigenvalue weighted by atomic mass is 10.2. The van der Waals surface area contributed by atoms with Gasteiger partial charge < -0.3 is 9.90 Å². The predicted molar refractivity (Wildman–Crippen MR) is 54.2 cm³/mol. The Hall–Kier alpha value is -1.83. The number of benzene rings is 1. The Morgan fingerprint density at radius 3 is 2.50 bits per heavy atom. The minimum Gasteiger partial charge on any atom is -0.545 e. The van der Waals surface area contributed by atoms with Gasteiger partial charge in [0.25, 0.3) is 0 Å². The summed E-state index contributed by atoms with van der Waals surface area (Å²) in [6, 6.07) is 9.67. The van der Waals surface area contributed by atoms with E-state index in [2.05, 4.69) is 0 Å². The van der Waals surface area contributed by atoms with Gasteiger partial charge in [0.15, 0.2) is 0 Å². The average Bonchev–Trinajstić information content (AvgIpc) is 2.19. The molecule has 0 atom stereocenters. The number of carbonyl (C=O) groups is 1. The van der Waals surface area contributed by atoms with E-state index in [-0.39, 0.29) is 5.57 Å². The fourth-order valence-corrected chi connectivity index (χ4v) is 0.936. The summed E-state index contributed by atoms with van der Waals surface area (Å²) < 4.78 is 0. The Bertz CT molecular complexity index is 361. The van der Waals surface area contributed by atoms with E-state index in [1.54, 1.807) is 6.08 Å². The zero-order valence-electron chi connectivity index (χ0n) is 7.94. The van der Waals surface area contributed by atoms with Gasteiger partial charge in [0.1, 0.15) is 0 Å². The van der Waals surface area contributed by atoms with E-state index < -0.39 is 5.97 Å². The molecule has 2 nitrogen and oxygen atoms in total. The molecule has 0 saturated heterocycles. The van der Waals surface area contributed by atoms with Crippen LogP contribution in [0.25, 0.3) is 6.08 Å². The zero-order valence-corrected chi connectivity index (χ0v) is 7.94. The molecule has 0 unspecified atom stereocenters. The van der Waals surface area contributed by atoms with Crippen molar-refractivity contribution in [3.05, 3.63) is 53.6 Å². The molecule has 0 heterocycles. The summed E-state index contributed by atoms with van der Waals surface area (Å²) in [7, 11) is 0. The van der Waals surface area contributed by atoms with Crippen molar-refractivity contribution >= 4 is 12.0 Å². The molecule has 0 aromatic heterocycles. The van der Waals surface area contributed by atoms with Crippen LogP contribution in [-0.4, -0.2) is 5.97 Å². The number of carboxylic acid groups (broad SMARTS) is 1. The van der Waals surface area contributed by atoms with E-state index in [1.807, 2.05) is 36.4 Å². The second kappa shape index (κ2) is 5.02. The summed E-state index contributed by atoms with van der Waals surface area (Å²) in [5, 5.41) is 10.3. The van der Waals surface area contributed by atoms with Crippen molar-refractivity contribution in [2.75, 3.05) is 0 Å². The van der Waals surface area contributed by atoms with Crippen molar-refractivity contribution in [1.29, 1.82) is 0 Å². The third-order valence-corrected chi connectivity index (χ3v) is 1.76. The molecule has 0 spiro atoms. The number of aliphatic carboxylic acids is 1. The van der Waals surface area contributed by atoms with Crippen molar-refractivity contribution < 1.29 is 9.90 Å². The van der Waals surface area contributed by atoms with Gasteiger partial charge in [-0.1, -0.05) is 48.6 Å². The maximum absolute atomic E-state index is 10.3. The quantitative estimate of drug-likeness (QED) is 0.530. The highest BCUT2D eigenvalue weighted by Crippen LogP contribution is 2.01. The molecule has 0 amide bonds. The summed E-state index contributed by atoms with van der Waals surface area (Å²) in [6.45, 7) is 1.50. The summed E-state index contributed by atoms with van der Waals surface area (Å²) in [4.78, 5) is 10.3. The van der Waals surface area contributed by atoms with Crippen molar-refractivity contribution in [3.8, 4) is 0 Å². The number of carbonyl (C=O) groups excluding carboxylic acids is 1. The molecule has 0 N–H and O–H groups in total. The number of rotatable bonds is 3. The minimum atomic E-state index is -1.14. The van der Waals surface area contributed by atoms with Gasteiger partial charge in [-0.15, -0.1) is 0 Å². The Balaban J connectivity index is 2.66. The van der Waals surface area contributed by atoms with Crippen LogP contribution in [0.15, 0.2) is 48.1 Å². The van der Waals surface area contributed by atoms with E-state index in [0.717, 1.165) is 5.56 Å². The van der Waals surface area contributed by atoms with Crippen LogP contribution in [0.1, 0.15) is 12.5 Å². The van der Waals surface area contributed by atoms with Gasteiger partial charge in [-0.05, 0) is 18.1 Å². The Morgan fingerprint density at radius 1 is 1.29 bits per heavy atom. The molecular weight excluding hydrogens is 176 g/mol. The van der Waals surface area contributed by atoms with Gasteiger partial charge in [0, 0.05) is 0 Å². The summed E-state index contributed by atoms with van der Waals surface area (Å²) >= 11 is 0. The lowest BCUT2D eigenvalue weighted by Crippen LogP contribution is -2.22. The van der Waals surface area contributed by atoms with E-state index in [1.165, 1.54) is 13.0 Å². The van der Waals surface area contributed by atoms with Gasteiger partial charge in [-0.25, -0.2) is 0 Å². The van der Waals surface area contributed by atoms with Crippen LogP contribution in [0.5, 0.6) is 0 Å². The average molecular weight is 187 g/mol. The third-order valence-electron chi connectivity index (χ3n) is 1.76. The largest absolute Gasteiger partial charge is 0.545 e. The van der Waals surface area contributed by atoms with Crippen LogP contribution in [0.3, 0.4) is 0 Å². The Morgan fingerprint density at radius 2 is 1.93 bits per heavy atom. The smallest absolute Gasteiger partial charge is 0.0672 e. The molecule has 72 valence electrons. The van der Waals surface area contributed by atoms with Gasteiger partial charge in [-0.2, -0.15) is 0 Å². The highest BCUT2D eigenvalue weighted by Gasteiger charge is 1.85. The number of allylic oxidation sites excluding steroid dienone is 2. The van der Waals surface area contributed by atoms with Crippen LogP contribution >= 0.6 is 0 Å². The summed E-state index contributed by atoms with van der Waals surface area (Å²) in [6.07, 6.45) is 5.05. The van der Waals surface area contributed by atoms with E-state index in [9.17, 15) is 9.90 Å². The van der Waals surface area contributed by atoms with E-state index >= 15 is 0 Å². The number of carboxylic acids is 1. The number of hydrogen-bond acceptors (Lipinski definition) is 2. The summed E-state index contributed by atoms with van der Waals surface area (Å²) in [5.41, 5.74) is 1.26. The number of hydrogen-bond donors (Lipinski definition) is 0. The molecule has 0 radical (unpaired) electrons. The molecule has 1 aromatic rings. The summed E-state index contributed by atoms with van der Waals surface area (Å²) in [5.74, 6) is -1.14. The van der Waals surface area contributed by atoms with Crippen molar-refractivity contribution in [2.45, 2.75) is 6.92 Å². The lowest BCUT2D eigenvalue weighted by Gasteiger charge is -1.97. The first-order chi connectivity index (χ1) is 6.70. The highest BCUT2D eigenvalue weighted by atomic mass is 16.4. The third kappa shape index (κ3) is 3.27. The fourth-order valence-electron chi connectivity index (χ4n) is 0.936. The molecule has 0 saturated carbocycles. The second-order valence-corrected chi connectivity index (χ2v) is 2.91. The predicted octanol–water partition coefficient (Wildman–Crippen LogP) is 1.40. The molecule has 0 aliphatic heterocycles. The first-order valence-corrected chi connectivity index (χ1v) is 4.31. The van der Waals surface area contributed by atoms with Crippen LogP contribution in [0.2, 0.25) is 0 Å². The minimum absolute atomic E-state index is 0.220. The van der Waals surface area contributed by atoms with Crippen LogP contribution in [0, 0.1) is 0 Å². The molecule has 0 aliphatic rings. The van der Waals surface area contributed by atoms with Gasteiger partial charge in [0.2, 0.25) is 0 Å². The highest BCUT2D eigenvalue weighted by molar-refractivity contribution is 5.84. The molecule has 0 bridgehead atoms. The Kier molecular flexibility index (Phi) is 3.68. The molecule has 2 heteroatoms. The van der Waals surface area contributed by atoms with Crippen LogP contribution < -0.4 is 5.11 Å². The monoisotopic (exact) mass is 187 g/mol. The van der Waals surface area contributed by atoms with Crippen molar-refractivity contribution in [2.24, 2.45) is 0 Å². The SMILES string of the molecule is C/C(=C\C=C\c1ccccc1)C(=O)[O-]. The fraction of sp³-hybridized carbons (Fsp3) is 0.0833. The normalized spacial score (nSPS) is 11.9. The Labute approximate surface area is 83.2 Å². The molecule has 1 rings (SSSR count). The van der Waals surface area contributed by atoms with Gasteiger partial charge in [0.05, 0.1) is 5.97 Å². The molecule has 0 fully saturated rings. The first kappa shape index (κ1) is 10.3. The van der Waals surface area contributed by atoms with Crippen LogP contribution in [-0.2, 0) is 4.79 Å². The van der Waals surface area contributed by atoms with Crippen molar-refractivity contribution in [1.82, 2.24) is 0 Å². The first-order valence-electron chi connectivity index (χ1n) is 4.31.